The number of carbonyl (C=O) groups excluding carboxylic acids is 1. The van der Waals surface area contributed by atoms with Crippen molar-refractivity contribution >= 4 is 5.91 Å². The molecule has 0 saturated heterocycles. The highest BCUT2D eigenvalue weighted by Crippen LogP contribution is 2.09. The molecule has 0 aromatic heterocycles. The number of amides is 1. The van der Waals surface area contributed by atoms with Gasteiger partial charge >= 0.3 is 0 Å². The van der Waals surface area contributed by atoms with Gasteiger partial charge in [0.25, 0.3) is 5.91 Å². The summed E-state index contributed by atoms with van der Waals surface area (Å²) in [5, 5.41) is 17.9. The lowest BCUT2D eigenvalue weighted by Crippen LogP contribution is -2.35. The Kier molecular flexibility index (Phi) is 7.22. The van der Waals surface area contributed by atoms with Crippen molar-refractivity contribution in [3.05, 3.63) is 35.4 Å². The summed E-state index contributed by atoms with van der Waals surface area (Å²) >= 11 is 0. The molecule has 0 fully saturated rings. The van der Waals surface area contributed by atoms with E-state index in [1.54, 1.807) is 12.1 Å². The number of aliphatic hydroxyl groups excluding tert-OH is 2. The van der Waals surface area contributed by atoms with Gasteiger partial charge in [-0.05, 0) is 31.5 Å². The lowest BCUT2D eigenvalue weighted by atomic mass is 10.1. The van der Waals surface area contributed by atoms with E-state index in [1.165, 1.54) is 4.90 Å². The van der Waals surface area contributed by atoms with E-state index in [2.05, 4.69) is 0 Å². The smallest absolute Gasteiger partial charge is 0.254 e. The van der Waals surface area contributed by atoms with Gasteiger partial charge in [0.15, 0.2) is 0 Å². The topological polar surface area (TPSA) is 70.0 Å². The van der Waals surface area contributed by atoms with Gasteiger partial charge in [-0.3, -0.25) is 4.79 Å². The summed E-state index contributed by atoms with van der Waals surface area (Å²) in [6.07, 6.45) is 0.168. The van der Waals surface area contributed by atoms with Gasteiger partial charge in [-0.1, -0.05) is 12.1 Å². The summed E-state index contributed by atoms with van der Waals surface area (Å²) in [6, 6.07) is 7.18. The van der Waals surface area contributed by atoms with Gasteiger partial charge < -0.3 is 19.8 Å². The zero-order chi connectivity index (χ0) is 15.0. The highest BCUT2D eigenvalue weighted by molar-refractivity contribution is 5.94. The minimum absolute atomic E-state index is 0.119. The molecule has 0 heterocycles. The van der Waals surface area contributed by atoms with Crippen molar-refractivity contribution in [1.29, 1.82) is 0 Å². The fourth-order valence-electron chi connectivity index (χ4n) is 1.75. The predicted molar refractivity (Wildman–Crippen MR) is 76.4 cm³/mol. The van der Waals surface area contributed by atoms with Crippen LogP contribution < -0.4 is 0 Å². The minimum Gasteiger partial charge on any atom is -0.395 e. The number of ether oxygens (including phenoxy) is 1. The van der Waals surface area contributed by atoms with Crippen LogP contribution in [-0.4, -0.2) is 53.4 Å². The Morgan fingerprint density at radius 2 is 1.70 bits per heavy atom. The number of rotatable bonds is 8. The van der Waals surface area contributed by atoms with E-state index in [9.17, 15) is 4.79 Å². The molecule has 0 spiro atoms. The van der Waals surface area contributed by atoms with Gasteiger partial charge in [0.1, 0.15) is 0 Å². The lowest BCUT2D eigenvalue weighted by Gasteiger charge is -2.20. The van der Waals surface area contributed by atoms with E-state index in [4.69, 9.17) is 14.9 Å². The fourth-order valence-corrected chi connectivity index (χ4v) is 1.75. The van der Waals surface area contributed by atoms with Crippen LogP contribution in [0.3, 0.4) is 0 Å². The Morgan fingerprint density at radius 1 is 1.15 bits per heavy atom. The van der Waals surface area contributed by atoms with Gasteiger partial charge in [0.2, 0.25) is 0 Å². The quantitative estimate of drug-likeness (QED) is 0.747. The minimum atomic E-state index is -0.190. The zero-order valence-corrected chi connectivity index (χ0v) is 12.1. The van der Waals surface area contributed by atoms with Crippen LogP contribution in [0.2, 0.25) is 0 Å². The van der Waals surface area contributed by atoms with Crippen molar-refractivity contribution in [3.63, 3.8) is 0 Å². The molecule has 5 heteroatoms. The number of hydrogen-bond donors (Lipinski definition) is 2. The van der Waals surface area contributed by atoms with Crippen LogP contribution in [-0.2, 0) is 11.3 Å². The maximum atomic E-state index is 12.2. The molecule has 0 bridgehead atoms. The third-order valence-electron chi connectivity index (χ3n) is 2.81. The van der Waals surface area contributed by atoms with E-state index in [0.717, 1.165) is 5.56 Å². The number of benzene rings is 1. The highest BCUT2D eigenvalue weighted by atomic mass is 16.5. The number of hydrogen-bond acceptors (Lipinski definition) is 4. The second-order valence-electron chi connectivity index (χ2n) is 4.80. The van der Waals surface area contributed by atoms with Crippen LogP contribution in [0, 0.1) is 0 Å². The standard InChI is InChI=1S/C15H23NO4/c1-12(2)20-11-13-3-5-14(6-4-13)15(19)16(7-9-17)8-10-18/h3-6,12,17-18H,7-11H2,1-2H3. The summed E-state index contributed by atoms with van der Waals surface area (Å²) in [7, 11) is 0. The van der Waals surface area contributed by atoms with Crippen molar-refractivity contribution in [2.24, 2.45) is 0 Å². The molecule has 0 unspecified atom stereocenters. The molecule has 5 nitrogen and oxygen atoms in total. The molecule has 112 valence electrons. The summed E-state index contributed by atoms with van der Waals surface area (Å²) in [6.45, 7) is 4.66. The normalized spacial score (nSPS) is 10.8. The summed E-state index contributed by atoms with van der Waals surface area (Å²) < 4.78 is 5.49. The largest absolute Gasteiger partial charge is 0.395 e. The van der Waals surface area contributed by atoms with E-state index in [0.29, 0.717) is 12.2 Å². The molecular weight excluding hydrogens is 258 g/mol. The number of carbonyl (C=O) groups is 1. The zero-order valence-electron chi connectivity index (χ0n) is 12.1. The Bertz CT molecular complexity index is 397. The molecule has 1 aromatic carbocycles. The van der Waals surface area contributed by atoms with Gasteiger partial charge in [-0.25, -0.2) is 0 Å². The molecular formula is C15H23NO4. The lowest BCUT2D eigenvalue weighted by molar-refractivity contribution is 0.0653. The van der Waals surface area contributed by atoms with E-state index in [1.807, 2.05) is 26.0 Å². The van der Waals surface area contributed by atoms with Gasteiger partial charge in [-0.15, -0.1) is 0 Å². The molecule has 1 rings (SSSR count). The maximum absolute atomic E-state index is 12.2. The molecule has 0 aliphatic rings. The Morgan fingerprint density at radius 3 is 2.15 bits per heavy atom. The fraction of sp³-hybridized carbons (Fsp3) is 0.533. The van der Waals surface area contributed by atoms with E-state index >= 15 is 0 Å². The van der Waals surface area contributed by atoms with Crippen LogP contribution in [0.4, 0.5) is 0 Å². The molecule has 0 saturated carbocycles. The first-order chi connectivity index (χ1) is 9.58. The predicted octanol–water partition coefficient (Wildman–Crippen LogP) is 1.04. The molecule has 0 aliphatic carbocycles. The van der Waals surface area contributed by atoms with Crippen LogP contribution in [0.5, 0.6) is 0 Å². The Balaban J connectivity index is 2.68. The average molecular weight is 281 g/mol. The molecule has 20 heavy (non-hydrogen) atoms. The second-order valence-corrected chi connectivity index (χ2v) is 4.80. The first-order valence-electron chi connectivity index (χ1n) is 6.80. The number of aliphatic hydroxyl groups is 2. The summed E-state index contributed by atoms with van der Waals surface area (Å²) in [5.41, 5.74) is 1.55. The van der Waals surface area contributed by atoms with E-state index < -0.39 is 0 Å². The van der Waals surface area contributed by atoms with Crippen LogP contribution in [0.25, 0.3) is 0 Å². The monoisotopic (exact) mass is 281 g/mol. The molecule has 0 aliphatic heterocycles. The maximum Gasteiger partial charge on any atom is 0.254 e. The number of nitrogens with zero attached hydrogens (tertiary/aromatic N) is 1. The van der Waals surface area contributed by atoms with Crippen molar-refractivity contribution in [3.8, 4) is 0 Å². The van der Waals surface area contributed by atoms with Crippen LogP contribution >= 0.6 is 0 Å². The highest BCUT2D eigenvalue weighted by Gasteiger charge is 2.14. The Labute approximate surface area is 119 Å². The van der Waals surface area contributed by atoms with Gasteiger partial charge in [0.05, 0.1) is 25.9 Å². The Hall–Kier alpha value is -1.43. The average Bonchev–Trinajstić information content (AvgIpc) is 2.44. The van der Waals surface area contributed by atoms with Crippen LogP contribution in [0.1, 0.15) is 29.8 Å². The molecule has 2 N–H and O–H groups in total. The molecule has 1 amide bonds. The van der Waals surface area contributed by atoms with Gasteiger partial charge in [0, 0.05) is 18.7 Å². The first kappa shape index (κ1) is 16.6. The van der Waals surface area contributed by atoms with E-state index in [-0.39, 0.29) is 38.3 Å². The van der Waals surface area contributed by atoms with Crippen molar-refractivity contribution in [2.45, 2.75) is 26.6 Å². The van der Waals surface area contributed by atoms with Crippen molar-refractivity contribution in [1.82, 2.24) is 4.90 Å². The third-order valence-corrected chi connectivity index (χ3v) is 2.81. The summed E-state index contributed by atoms with van der Waals surface area (Å²) in [5.74, 6) is -0.190. The molecule has 0 atom stereocenters. The molecule has 1 aromatic rings. The third kappa shape index (κ3) is 5.28. The molecule has 0 radical (unpaired) electrons. The van der Waals surface area contributed by atoms with Crippen LogP contribution in [0.15, 0.2) is 24.3 Å². The SMILES string of the molecule is CC(C)OCc1ccc(C(=O)N(CCO)CCO)cc1. The van der Waals surface area contributed by atoms with Crippen molar-refractivity contribution in [2.75, 3.05) is 26.3 Å². The van der Waals surface area contributed by atoms with Gasteiger partial charge in [-0.2, -0.15) is 0 Å². The van der Waals surface area contributed by atoms with Crippen molar-refractivity contribution < 1.29 is 19.7 Å². The first-order valence-corrected chi connectivity index (χ1v) is 6.80. The second kappa shape index (κ2) is 8.68. The summed E-state index contributed by atoms with van der Waals surface area (Å²) in [4.78, 5) is 13.6.